The molecule has 9 heteroatoms. The Morgan fingerprint density at radius 3 is 2.43 bits per heavy atom. The molecule has 1 saturated heterocycles. The molecule has 0 aliphatic carbocycles. The van der Waals surface area contributed by atoms with Crippen LogP contribution in [0, 0.1) is 17.8 Å². The van der Waals surface area contributed by atoms with Gasteiger partial charge in [-0.2, -0.15) is 13.2 Å². The number of carbonyl (C=O) groups is 2. The lowest BCUT2D eigenvalue weighted by molar-refractivity contribution is -0.187. The number of nitrogens with zero attached hydrogens (tertiary/aromatic N) is 1. The normalized spacial score (nSPS) is 21.7. The van der Waals surface area contributed by atoms with Gasteiger partial charge in [0.05, 0.1) is 18.4 Å². The Balaban J connectivity index is 2.38. The first kappa shape index (κ1) is 19.5. The van der Waals surface area contributed by atoms with E-state index in [4.69, 9.17) is 9.84 Å². The Morgan fingerprint density at radius 1 is 1.30 bits per heavy atom. The summed E-state index contributed by atoms with van der Waals surface area (Å²) >= 11 is 0. The lowest BCUT2D eigenvalue weighted by Crippen LogP contribution is -2.40. The van der Waals surface area contributed by atoms with Gasteiger partial charge >= 0.3 is 18.2 Å². The van der Waals surface area contributed by atoms with Gasteiger partial charge in [0.15, 0.2) is 0 Å². The average Bonchev–Trinajstić information content (AvgIpc) is 2.87. The summed E-state index contributed by atoms with van der Waals surface area (Å²) < 4.78 is 43.8. The molecular weight excluding hydrogens is 317 g/mol. The highest BCUT2D eigenvalue weighted by Gasteiger charge is 2.53. The number of rotatable bonds is 7. The fourth-order valence-corrected chi connectivity index (χ4v) is 2.31. The maximum absolute atomic E-state index is 12.8. The van der Waals surface area contributed by atoms with Gasteiger partial charge in [-0.25, -0.2) is 4.79 Å². The maximum Gasteiger partial charge on any atom is 0.394 e. The van der Waals surface area contributed by atoms with Gasteiger partial charge in [0.1, 0.15) is 0 Å². The topological polar surface area (TPSA) is 78.9 Å². The SMILES string of the molecule is CC(C)CCOCCNC(=O)N1C[C@@H](C(F)(F)F)[C@H](C(=O)O)C1. The number of carboxylic acids is 1. The Morgan fingerprint density at radius 2 is 1.96 bits per heavy atom. The first-order valence-electron chi connectivity index (χ1n) is 7.53. The van der Waals surface area contributed by atoms with Crippen molar-refractivity contribution in [3.63, 3.8) is 0 Å². The number of hydrogen-bond acceptors (Lipinski definition) is 3. The summed E-state index contributed by atoms with van der Waals surface area (Å²) in [5.41, 5.74) is 0. The summed E-state index contributed by atoms with van der Waals surface area (Å²) in [5.74, 6) is -4.70. The fourth-order valence-electron chi connectivity index (χ4n) is 2.31. The van der Waals surface area contributed by atoms with Crippen LogP contribution in [0.15, 0.2) is 0 Å². The summed E-state index contributed by atoms with van der Waals surface area (Å²) in [5, 5.41) is 11.3. The lowest BCUT2D eigenvalue weighted by Gasteiger charge is -2.18. The van der Waals surface area contributed by atoms with E-state index in [0.717, 1.165) is 11.3 Å². The third kappa shape index (κ3) is 6.25. The molecule has 1 aliphatic rings. The highest BCUT2D eigenvalue weighted by molar-refractivity contribution is 5.77. The van der Waals surface area contributed by atoms with Crippen LogP contribution in [0.5, 0.6) is 0 Å². The molecule has 134 valence electrons. The largest absolute Gasteiger partial charge is 0.481 e. The molecule has 6 nitrogen and oxygen atoms in total. The predicted octanol–water partition coefficient (Wildman–Crippen LogP) is 1.95. The number of likely N-dealkylation sites (tertiary alicyclic amines) is 1. The number of amides is 2. The number of alkyl halides is 3. The number of carbonyl (C=O) groups excluding carboxylic acids is 1. The molecule has 0 unspecified atom stereocenters. The van der Waals surface area contributed by atoms with Gasteiger partial charge in [-0.1, -0.05) is 13.8 Å². The standard InChI is InChI=1S/C14H23F3N2O4/c1-9(2)3-5-23-6-4-18-13(22)19-7-10(12(20)21)11(8-19)14(15,16)17/h9-11H,3-8H2,1-2H3,(H,18,22)(H,20,21)/t10-,11-/m1/s1. The van der Waals surface area contributed by atoms with Gasteiger partial charge in [0.2, 0.25) is 0 Å². The van der Waals surface area contributed by atoms with Crippen LogP contribution in [-0.2, 0) is 9.53 Å². The van der Waals surface area contributed by atoms with Gasteiger partial charge in [-0.05, 0) is 12.3 Å². The molecule has 2 N–H and O–H groups in total. The number of hydrogen-bond donors (Lipinski definition) is 2. The number of nitrogens with one attached hydrogen (secondary N) is 1. The van der Waals surface area contributed by atoms with Crippen molar-refractivity contribution >= 4 is 12.0 Å². The highest BCUT2D eigenvalue weighted by atomic mass is 19.4. The van der Waals surface area contributed by atoms with Crippen LogP contribution in [0.1, 0.15) is 20.3 Å². The second kappa shape index (κ2) is 8.37. The van der Waals surface area contributed by atoms with Crippen molar-refractivity contribution < 1.29 is 32.6 Å². The third-order valence-electron chi connectivity index (χ3n) is 3.71. The van der Waals surface area contributed by atoms with Crippen molar-refractivity contribution in [1.82, 2.24) is 10.2 Å². The van der Waals surface area contributed by atoms with E-state index in [1.54, 1.807) is 0 Å². The summed E-state index contributed by atoms with van der Waals surface area (Å²) in [6.45, 7) is 4.00. The van der Waals surface area contributed by atoms with Crippen molar-refractivity contribution in [2.45, 2.75) is 26.4 Å². The third-order valence-corrected chi connectivity index (χ3v) is 3.71. The van der Waals surface area contributed by atoms with Crippen molar-refractivity contribution in [3.8, 4) is 0 Å². The van der Waals surface area contributed by atoms with Gasteiger partial charge in [-0.15, -0.1) is 0 Å². The lowest BCUT2D eigenvalue weighted by atomic mass is 9.96. The van der Waals surface area contributed by atoms with Crippen molar-refractivity contribution in [2.24, 2.45) is 17.8 Å². The Bertz CT molecular complexity index is 415. The van der Waals surface area contributed by atoms with E-state index in [-0.39, 0.29) is 13.2 Å². The van der Waals surface area contributed by atoms with Gasteiger partial charge < -0.3 is 20.1 Å². The molecule has 0 radical (unpaired) electrons. The first-order chi connectivity index (χ1) is 10.6. The number of halogens is 3. The molecule has 2 amide bonds. The van der Waals surface area contributed by atoms with Crippen molar-refractivity contribution in [2.75, 3.05) is 32.8 Å². The number of urea groups is 1. The summed E-state index contributed by atoms with van der Waals surface area (Å²) in [7, 11) is 0. The second-order valence-corrected chi connectivity index (χ2v) is 6.02. The zero-order valence-corrected chi connectivity index (χ0v) is 13.2. The molecule has 1 rings (SSSR count). The minimum atomic E-state index is -4.64. The number of carboxylic acid groups (broad SMARTS) is 1. The van der Waals surface area contributed by atoms with Crippen LogP contribution < -0.4 is 5.32 Å². The molecule has 23 heavy (non-hydrogen) atoms. The van der Waals surface area contributed by atoms with E-state index >= 15 is 0 Å². The van der Waals surface area contributed by atoms with Gasteiger partial charge in [0.25, 0.3) is 0 Å². The Labute approximate surface area is 133 Å². The second-order valence-electron chi connectivity index (χ2n) is 6.02. The molecule has 1 aliphatic heterocycles. The van der Waals surface area contributed by atoms with Crippen molar-refractivity contribution in [1.29, 1.82) is 0 Å². The van der Waals surface area contributed by atoms with Crippen LogP contribution in [0.2, 0.25) is 0 Å². The number of ether oxygens (including phenoxy) is 1. The highest BCUT2D eigenvalue weighted by Crippen LogP contribution is 2.37. The van der Waals surface area contributed by atoms with E-state index < -0.39 is 43.1 Å². The summed E-state index contributed by atoms with van der Waals surface area (Å²) in [6.07, 6.45) is -3.76. The first-order valence-corrected chi connectivity index (χ1v) is 7.53. The van der Waals surface area contributed by atoms with E-state index in [1.807, 2.05) is 0 Å². The minimum absolute atomic E-state index is 0.169. The summed E-state index contributed by atoms with van der Waals surface area (Å²) in [6, 6.07) is -0.699. The van der Waals surface area contributed by atoms with Gasteiger partial charge in [0, 0.05) is 26.2 Å². The molecule has 0 saturated carbocycles. The average molecular weight is 340 g/mol. The zero-order valence-electron chi connectivity index (χ0n) is 13.2. The molecule has 2 atom stereocenters. The molecule has 0 spiro atoms. The van der Waals surface area contributed by atoms with E-state index in [1.165, 1.54) is 0 Å². The Kier molecular flexibility index (Phi) is 7.11. The molecule has 0 aromatic rings. The monoisotopic (exact) mass is 340 g/mol. The maximum atomic E-state index is 12.8. The predicted molar refractivity (Wildman–Crippen MR) is 75.9 cm³/mol. The molecular formula is C14H23F3N2O4. The molecule has 1 heterocycles. The molecule has 1 fully saturated rings. The van der Waals surface area contributed by atoms with Crippen LogP contribution in [-0.4, -0.2) is 61.0 Å². The quantitative estimate of drug-likeness (QED) is 0.695. The molecule has 0 aromatic carbocycles. The Hall–Kier alpha value is -1.51. The van der Waals surface area contributed by atoms with Crippen LogP contribution in [0.4, 0.5) is 18.0 Å². The molecule has 0 aromatic heterocycles. The minimum Gasteiger partial charge on any atom is -0.481 e. The van der Waals surface area contributed by atoms with Crippen LogP contribution in [0.3, 0.4) is 0 Å². The van der Waals surface area contributed by atoms with E-state index in [2.05, 4.69) is 19.2 Å². The van der Waals surface area contributed by atoms with Gasteiger partial charge in [-0.3, -0.25) is 4.79 Å². The van der Waals surface area contributed by atoms with Crippen LogP contribution >= 0.6 is 0 Å². The summed E-state index contributed by atoms with van der Waals surface area (Å²) in [4.78, 5) is 23.7. The van der Waals surface area contributed by atoms with Crippen molar-refractivity contribution in [3.05, 3.63) is 0 Å². The van der Waals surface area contributed by atoms with Crippen LogP contribution in [0.25, 0.3) is 0 Å². The number of aliphatic carboxylic acids is 1. The zero-order chi connectivity index (χ0) is 17.6. The smallest absolute Gasteiger partial charge is 0.394 e. The van der Waals surface area contributed by atoms with E-state index in [0.29, 0.717) is 12.5 Å². The fraction of sp³-hybridized carbons (Fsp3) is 0.857. The molecule has 0 bridgehead atoms. The van der Waals surface area contributed by atoms with E-state index in [9.17, 15) is 22.8 Å².